The van der Waals surface area contributed by atoms with Gasteiger partial charge in [-0.2, -0.15) is 10.9 Å². The Balaban J connectivity index is 3.87. The summed E-state index contributed by atoms with van der Waals surface area (Å²) in [5.74, 6) is -1.22. The summed E-state index contributed by atoms with van der Waals surface area (Å²) in [5.41, 5.74) is 0. The van der Waals surface area contributed by atoms with Crippen LogP contribution in [0, 0.1) is 0 Å². The van der Waals surface area contributed by atoms with E-state index in [1.54, 1.807) is 0 Å². The molecule has 0 aromatic carbocycles. The number of carbonyl (C=O) groups is 3. The second-order valence-electron chi connectivity index (χ2n) is 6.25. The average Bonchev–Trinajstić information content (AvgIpc) is 2.52. The Morgan fingerprint density at radius 1 is 0.667 bits per heavy atom. The summed E-state index contributed by atoms with van der Waals surface area (Å²) in [4.78, 5) is 33.6. The van der Waals surface area contributed by atoms with E-state index < -0.39 is 22.8 Å². The molecule has 0 aromatic heterocycles. The molecule has 0 aliphatic carbocycles. The van der Waals surface area contributed by atoms with Crippen molar-refractivity contribution >= 4 is 27.9 Å². The van der Waals surface area contributed by atoms with Crippen LogP contribution >= 0.6 is 10.9 Å². The number of carboxylic acids is 2. The minimum Gasteiger partial charge on any atom is -0.481 e. The molecule has 0 aliphatic rings. The first-order chi connectivity index (χ1) is 11.5. The van der Waals surface area contributed by atoms with Crippen molar-refractivity contribution in [2.75, 3.05) is 11.5 Å². The fourth-order valence-electron chi connectivity index (χ4n) is 2.57. The largest absolute Gasteiger partial charge is 0.481 e. The highest BCUT2D eigenvalue weighted by molar-refractivity contribution is 8.29. The molecule has 0 aromatic rings. The minimum absolute atomic E-state index is 0.0468. The van der Waals surface area contributed by atoms with Gasteiger partial charge in [-0.05, 0) is 17.9 Å². The topological polar surface area (TPSA) is 91.7 Å². The summed E-state index contributed by atoms with van der Waals surface area (Å²) in [6, 6.07) is 0. The fraction of sp³-hybridized carbons (Fsp3) is 0.833. The van der Waals surface area contributed by atoms with Crippen molar-refractivity contribution in [2.45, 2.75) is 84.0 Å². The van der Waals surface area contributed by atoms with Crippen LogP contribution in [0.3, 0.4) is 0 Å². The number of unbranched alkanes of at least 4 members (excludes halogenated alkanes) is 8. The Kier molecular flexibility index (Phi) is 14.8. The molecule has 5 nitrogen and oxygen atoms in total. The van der Waals surface area contributed by atoms with Crippen LogP contribution in [-0.2, 0) is 14.4 Å². The van der Waals surface area contributed by atoms with Gasteiger partial charge in [-0.1, -0.05) is 58.3 Å². The van der Waals surface area contributed by atoms with Crippen molar-refractivity contribution < 1.29 is 24.6 Å². The molecule has 0 rings (SSSR count). The van der Waals surface area contributed by atoms with E-state index in [-0.39, 0.29) is 18.0 Å². The van der Waals surface area contributed by atoms with E-state index in [0.29, 0.717) is 17.9 Å². The van der Waals surface area contributed by atoms with Crippen molar-refractivity contribution in [1.29, 1.82) is 0 Å². The van der Waals surface area contributed by atoms with Gasteiger partial charge in [0, 0.05) is 6.42 Å². The molecule has 0 saturated carbocycles. The van der Waals surface area contributed by atoms with Gasteiger partial charge >= 0.3 is 11.9 Å². The van der Waals surface area contributed by atoms with E-state index in [2.05, 4.69) is 6.92 Å². The monoisotopic (exact) mass is 362 g/mol. The van der Waals surface area contributed by atoms with Gasteiger partial charge in [0.15, 0.2) is 5.12 Å². The Morgan fingerprint density at radius 2 is 1.08 bits per heavy atom. The summed E-state index contributed by atoms with van der Waals surface area (Å²) in [6.07, 6.45) is 11.0. The molecule has 142 valence electrons. The van der Waals surface area contributed by atoms with E-state index in [1.165, 1.54) is 38.5 Å². The van der Waals surface area contributed by atoms with Crippen molar-refractivity contribution in [3.8, 4) is 0 Å². The zero-order valence-corrected chi connectivity index (χ0v) is 15.9. The smallest absolute Gasteiger partial charge is 0.304 e. The molecule has 0 aliphatic heterocycles. The Bertz CT molecular complexity index is 352. The highest BCUT2D eigenvalue weighted by Gasteiger charge is 2.16. The molecule has 6 heteroatoms. The van der Waals surface area contributed by atoms with Crippen LogP contribution in [0.5, 0.6) is 0 Å². The number of hydrogen-bond donors (Lipinski definition) is 3. The van der Waals surface area contributed by atoms with Crippen molar-refractivity contribution in [2.24, 2.45) is 0 Å². The third-order valence-electron chi connectivity index (χ3n) is 4.04. The van der Waals surface area contributed by atoms with Crippen molar-refractivity contribution in [1.82, 2.24) is 0 Å². The number of rotatable bonds is 16. The quantitative estimate of drug-likeness (QED) is 0.280. The summed E-state index contributed by atoms with van der Waals surface area (Å²) in [5, 5.41) is 17.6. The zero-order chi connectivity index (χ0) is 18.2. The van der Waals surface area contributed by atoms with Crippen LogP contribution < -0.4 is 0 Å². The van der Waals surface area contributed by atoms with Gasteiger partial charge in [-0.25, -0.2) is 0 Å². The van der Waals surface area contributed by atoms with E-state index >= 15 is 0 Å². The minimum atomic E-state index is -1.12. The molecule has 0 bridgehead atoms. The molecule has 0 fully saturated rings. The molecule has 0 atom stereocenters. The van der Waals surface area contributed by atoms with E-state index in [0.717, 1.165) is 19.3 Å². The predicted molar refractivity (Wildman–Crippen MR) is 100 cm³/mol. The molecule has 0 heterocycles. The second-order valence-corrected chi connectivity index (χ2v) is 8.72. The highest BCUT2D eigenvalue weighted by atomic mass is 32.2. The molecule has 0 spiro atoms. The lowest BCUT2D eigenvalue weighted by Gasteiger charge is -2.18. The van der Waals surface area contributed by atoms with Gasteiger partial charge in [0.1, 0.15) is 0 Å². The molecule has 2 N–H and O–H groups in total. The van der Waals surface area contributed by atoms with Crippen LogP contribution in [0.25, 0.3) is 0 Å². The number of carboxylic acid groups (broad SMARTS) is 2. The first-order valence-corrected chi connectivity index (χ1v) is 10.9. The maximum Gasteiger partial charge on any atom is 0.304 e. The van der Waals surface area contributed by atoms with Gasteiger partial charge in [-0.3, -0.25) is 14.4 Å². The SMILES string of the molecule is CCCCCCCCCCCC(=O)[SH](CCC(=O)O)CCC(=O)O. The van der Waals surface area contributed by atoms with Gasteiger partial charge < -0.3 is 10.2 Å². The van der Waals surface area contributed by atoms with Crippen LogP contribution in [-0.4, -0.2) is 38.8 Å². The first kappa shape index (κ1) is 23.0. The lowest BCUT2D eigenvalue weighted by Crippen LogP contribution is -2.12. The third-order valence-corrected chi connectivity index (χ3v) is 6.49. The van der Waals surface area contributed by atoms with Gasteiger partial charge in [0.2, 0.25) is 0 Å². The molecule has 0 saturated heterocycles. The molecule has 0 unspecified atom stereocenters. The summed E-state index contributed by atoms with van der Waals surface area (Å²) < 4.78 is 0. The first-order valence-electron chi connectivity index (χ1n) is 9.18. The van der Waals surface area contributed by atoms with Gasteiger partial charge in [0.05, 0.1) is 12.8 Å². The number of hydrogen-bond acceptors (Lipinski definition) is 3. The highest BCUT2D eigenvalue weighted by Crippen LogP contribution is 2.30. The number of aliphatic carboxylic acids is 2. The molecule has 0 radical (unpaired) electrons. The van der Waals surface area contributed by atoms with E-state index in [4.69, 9.17) is 10.2 Å². The predicted octanol–water partition coefficient (Wildman–Crippen LogP) is 4.38. The Hall–Kier alpha value is -1.04. The van der Waals surface area contributed by atoms with Crippen LogP contribution in [0.4, 0.5) is 0 Å². The fourth-order valence-corrected chi connectivity index (χ4v) is 4.69. The number of thiol groups is 1. The van der Waals surface area contributed by atoms with Gasteiger partial charge in [-0.15, -0.1) is 0 Å². The number of carbonyl (C=O) groups excluding carboxylic acids is 1. The lowest BCUT2D eigenvalue weighted by atomic mass is 10.1. The van der Waals surface area contributed by atoms with Crippen LogP contribution in [0.2, 0.25) is 0 Å². The third kappa shape index (κ3) is 14.5. The van der Waals surface area contributed by atoms with Crippen molar-refractivity contribution in [3.05, 3.63) is 0 Å². The summed E-state index contributed by atoms with van der Waals surface area (Å²) >= 11 is 0. The van der Waals surface area contributed by atoms with Crippen LogP contribution in [0.1, 0.15) is 84.0 Å². The van der Waals surface area contributed by atoms with E-state index in [9.17, 15) is 14.4 Å². The lowest BCUT2D eigenvalue weighted by molar-refractivity contribution is -0.137. The maximum absolute atomic E-state index is 12.2. The Morgan fingerprint density at radius 3 is 1.50 bits per heavy atom. The molecule has 0 amide bonds. The summed E-state index contributed by atoms with van der Waals surface area (Å²) in [6.45, 7) is 2.21. The summed E-state index contributed by atoms with van der Waals surface area (Å²) in [7, 11) is -1.12. The van der Waals surface area contributed by atoms with Gasteiger partial charge in [0.25, 0.3) is 0 Å². The Labute approximate surface area is 148 Å². The standard InChI is InChI=1S/C18H34O5S/c1-2-3-4-5-6-7-8-9-10-11-18(23)24(14-12-16(19)20)15-13-17(21)22/h24H,2-15H2,1H3,(H,19,20)(H,21,22). The molecular formula is C18H34O5S. The molecular weight excluding hydrogens is 328 g/mol. The normalized spacial score (nSPS) is 11.3. The second kappa shape index (κ2) is 15.5. The van der Waals surface area contributed by atoms with Crippen molar-refractivity contribution in [3.63, 3.8) is 0 Å². The zero-order valence-electron chi connectivity index (χ0n) is 15.0. The average molecular weight is 363 g/mol. The van der Waals surface area contributed by atoms with Crippen LogP contribution in [0.15, 0.2) is 0 Å². The maximum atomic E-state index is 12.2. The molecule has 24 heavy (non-hydrogen) atoms. The van der Waals surface area contributed by atoms with E-state index in [1.807, 2.05) is 0 Å².